The molecule has 1 aromatic carbocycles. The number of likely N-dealkylation sites (N-methyl/N-ethyl adjacent to an activating group) is 1. The SMILES string of the molecule is CCNC1Cc2ccccc2C1=O. The zero-order chi connectivity index (χ0) is 9.26. The number of fused-ring (bicyclic) bond motifs is 1. The molecule has 1 aliphatic rings. The van der Waals surface area contributed by atoms with Crippen molar-refractivity contribution in [2.45, 2.75) is 19.4 Å². The van der Waals surface area contributed by atoms with Crippen LogP contribution in [0.1, 0.15) is 22.8 Å². The molecule has 0 heterocycles. The van der Waals surface area contributed by atoms with Crippen molar-refractivity contribution in [3.8, 4) is 0 Å². The van der Waals surface area contributed by atoms with Gasteiger partial charge in [-0.05, 0) is 18.5 Å². The topological polar surface area (TPSA) is 29.1 Å². The highest BCUT2D eigenvalue weighted by Gasteiger charge is 2.28. The summed E-state index contributed by atoms with van der Waals surface area (Å²) in [7, 11) is 0. The molecule has 1 atom stereocenters. The minimum Gasteiger partial charge on any atom is -0.307 e. The van der Waals surface area contributed by atoms with Gasteiger partial charge in [-0.15, -0.1) is 0 Å². The zero-order valence-corrected chi connectivity index (χ0v) is 7.71. The summed E-state index contributed by atoms with van der Waals surface area (Å²) in [6.07, 6.45) is 0.850. The van der Waals surface area contributed by atoms with E-state index >= 15 is 0 Å². The number of rotatable bonds is 2. The summed E-state index contributed by atoms with van der Waals surface area (Å²) in [5, 5.41) is 3.19. The Kier molecular flexibility index (Phi) is 2.15. The maximum Gasteiger partial charge on any atom is 0.180 e. The fraction of sp³-hybridized carbons (Fsp3) is 0.364. The maximum atomic E-state index is 11.7. The molecular weight excluding hydrogens is 162 g/mol. The van der Waals surface area contributed by atoms with Crippen molar-refractivity contribution in [2.75, 3.05) is 6.54 Å². The van der Waals surface area contributed by atoms with E-state index in [1.807, 2.05) is 31.2 Å². The Morgan fingerprint density at radius 2 is 2.23 bits per heavy atom. The molecule has 0 fully saturated rings. The molecule has 0 aromatic heterocycles. The normalized spacial score (nSPS) is 20.4. The molecule has 2 heteroatoms. The lowest BCUT2D eigenvalue weighted by molar-refractivity contribution is 0.0959. The highest BCUT2D eigenvalue weighted by molar-refractivity contribution is 6.04. The van der Waals surface area contributed by atoms with E-state index < -0.39 is 0 Å². The van der Waals surface area contributed by atoms with E-state index in [4.69, 9.17) is 0 Å². The first-order valence-electron chi connectivity index (χ1n) is 4.68. The van der Waals surface area contributed by atoms with Gasteiger partial charge in [0.05, 0.1) is 6.04 Å². The average molecular weight is 175 g/mol. The maximum absolute atomic E-state index is 11.7. The second-order valence-electron chi connectivity index (χ2n) is 3.34. The molecule has 2 rings (SSSR count). The van der Waals surface area contributed by atoms with Crippen LogP contribution >= 0.6 is 0 Å². The van der Waals surface area contributed by atoms with Crippen LogP contribution < -0.4 is 5.32 Å². The Hall–Kier alpha value is -1.15. The molecule has 1 unspecified atom stereocenters. The van der Waals surface area contributed by atoms with Crippen molar-refractivity contribution in [3.63, 3.8) is 0 Å². The van der Waals surface area contributed by atoms with Crippen molar-refractivity contribution < 1.29 is 4.79 Å². The molecule has 0 amide bonds. The van der Waals surface area contributed by atoms with Gasteiger partial charge in [0.15, 0.2) is 5.78 Å². The Balaban J connectivity index is 2.28. The number of ketones is 1. The standard InChI is InChI=1S/C11H13NO/c1-2-12-10-7-8-5-3-4-6-9(8)11(10)13/h3-6,10,12H,2,7H2,1H3. The van der Waals surface area contributed by atoms with Crippen LogP contribution in [0.4, 0.5) is 0 Å². The van der Waals surface area contributed by atoms with Crippen molar-refractivity contribution >= 4 is 5.78 Å². The van der Waals surface area contributed by atoms with Crippen LogP contribution in [0.2, 0.25) is 0 Å². The Morgan fingerprint density at radius 1 is 1.46 bits per heavy atom. The number of benzene rings is 1. The van der Waals surface area contributed by atoms with E-state index in [0.717, 1.165) is 18.5 Å². The van der Waals surface area contributed by atoms with Gasteiger partial charge in [-0.25, -0.2) is 0 Å². The molecule has 2 nitrogen and oxygen atoms in total. The quantitative estimate of drug-likeness (QED) is 0.736. The predicted molar refractivity (Wildman–Crippen MR) is 51.9 cm³/mol. The summed E-state index contributed by atoms with van der Waals surface area (Å²) < 4.78 is 0. The molecule has 0 bridgehead atoms. The van der Waals surface area contributed by atoms with Crippen LogP contribution in [0.25, 0.3) is 0 Å². The molecule has 0 spiro atoms. The van der Waals surface area contributed by atoms with Gasteiger partial charge in [0, 0.05) is 5.56 Å². The predicted octanol–water partition coefficient (Wildman–Crippen LogP) is 1.40. The van der Waals surface area contributed by atoms with E-state index in [-0.39, 0.29) is 11.8 Å². The van der Waals surface area contributed by atoms with Crippen molar-refractivity contribution in [1.29, 1.82) is 0 Å². The Bertz CT molecular complexity index is 333. The number of carbonyl (C=O) groups excluding carboxylic acids is 1. The van der Waals surface area contributed by atoms with Crippen molar-refractivity contribution in [2.24, 2.45) is 0 Å². The largest absolute Gasteiger partial charge is 0.307 e. The summed E-state index contributed by atoms with van der Waals surface area (Å²) in [6, 6.07) is 7.87. The van der Waals surface area contributed by atoms with Gasteiger partial charge in [0.1, 0.15) is 0 Å². The second kappa shape index (κ2) is 3.30. The van der Waals surface area contributed by atoms with E-state index in [0.29, 0.717) is 0 Å². The molecule has 13 heavy (non-hydrogen) atoms. The summed E-state index contributed by atoms with van der Waals surface area (Å²) in [4.78, 5) is 11.7. The van der Waals surface area contributed by atoms with Crippen molar-refractivity contribution in [1.82, 2.24) is 5.32 Å². The molecule has 0 aliphatic heterocycles. The lowest BCUT2D eigenvalue weighted by Crippen LogP contribution is -2.33. The van der Waals surface area contributed by atoms with Gasteiger partial charge in [0.2, 0.25) is 0 Å². The summed E-state index contributed by atoms with van der Waals surface area (Å²) in [6.45, 7) is 2.88. The van der Waals surface area contributed by atoms with Crippen LogP contribution in [0.15, 0.2) is 24.3 Å². The molecule has 68 valence electrons. The minimum atomic E-state index is 0.0161. The highest BCUT2D eigenvalue weighted by Crippen LogP contribution is 2.21. The third-order valence-corrected chi connectivity index (χ3v) is 2.47. The molecule has 0 saturated heterocycles. The number of hydrogen-bond donors (Lipinski definition) is 1. The van der Waals surface area contributed by atoms with E-state index in [2.05, 4.69) is 5.32 Å². The second-order valence-corrected chi connectivity index (χ2v) is 3.34. The van der Waals surface area contributed by atoms with Gasteiger partial charge < -0.3 is 5.32 Å². The van der Waals surface area contributed by atoms with Gasteiger partial charge in [-0.3, -0.25) is 4.79 Å². The molecule has 1 aromatic rings. The van der Waals surface area contributed by atoms with E-state index in [9.17, 15) is 4.79 Å². The first-order chi connectivity index (χ1) is 6.33. The number of hydrogen-bond acceptors (Lipinski definition) is 2. The number of carbonyl (C=O) groups is 1. The number of Topliss-reactive ketones (excluding diaryl/α,β-unsaturated/α-hetero) is 1. The summed E-state index contributed by atoms with van der Waals surface area (Å²) in [5.74, 6) is 0.248. The molecular formula is C11H13NO. The fourth-order valence-electron chi connectivity index (χ4n) is 1.85. The molecule has 1 N–H and O–H groups in total. The first kappa shape index (κ1) is 8.45. The zero-order valence-electron chi connectivity index (χ0n) is 7.71. The fourth-order valence-corrected chi connectivity index (χ4v) is 1.85. The molecule has 0 saturated carbocycles. The lowest BCUT2D eigenvalue weighted by atomic mass is 10.1. The van der Waals surface area contributed by atoms with Gasteiger partial charge in [-0.1, -0.05) is 31.2 Å². The minimum absolute atomic E-state index is 0.0161. The third-order valence-electron chi connectivity index (χ3n) is 2.47. The molecule has 1 aliphatic carbocycles. The van der Waals surface area contributed by atoms with Crippen molar-refractivity contribution in [3.05, 3.63) is 35.4 Å². The van der Waals surface area contributed by atoms with Gasteiger partial charge in [0.25, 0.3) is 0 Å². The summed E-state index contributed by atoms with van der Waals surface area (Å²) >= 11 is 0. The Morgan fingerprint density at radius 3 is 2.92 bits per heavy atom. The average Bonchev–Trinajstić information content (AvgIpc) is 2.46. The van der Waals surface area contributed by atoms with E-state index in [1.54, 1.807) is 0 Å². The van der Waals surface area contributed by atoms with Gasteiger partial charge >= 0.3 is 0 Å². The van der Waals surface area contributed by atoms with Crippen LogP contribution in [-0.2, 0) is 6.42 Å². The lowest BCUT2D eigenvalue weighted by Gasteiger charge is -2.06. The van der Waals surface area contributed by atoms with Crippen LogP contribution in [0.3, 0.4) is 0 Å². The highest BCUT2D eigenvalue weighted by atomic mass is 16.1. The van der Waals surface area contributed by atoms with Crippen LogP contribution in [-0.4, -0.2) is 18.4 Å². The first-order valence-corrected chi connectivity index (χ1v) is 4.68. The summed E-state index contributed by atoms with van der Waals surface area (Å²) in [5.41, 5.74) is 2.08. The van der Waals surface area contributed by atoms with E-state index in [1.165, 1.54) is 5.56 Å². The smallest absolute Gasteiger partial charge is 0.180 e. The Labute approximate surface area is 78.0 Å². The monoisotopic (exact) mass is 175 g/mol. The molecule has 0 radical (unpaired) electrons. The third kappa shape index (κ3) is 1.38. The number of nitrogens with one attached hydrogen (secondary N) is 1. The van der Waals surface area contributed by atoms with Crippen LogP contribution in [0.5, 0.6) is 0 Å². The van der Waals surface area contributed by atoms with Gasteiger partial charge in [-0.2, -0.15) is 0 Å². The van der Waals surface area contributed by atoms with Crippen LogP contribution in [0, 0.1) is 0 Å².